The highest BCUT2D eigenvalue weighted by molar-refractivity contribution is 7.87. The number of nitro benzene ring substituents is 2. The van der Waals surface area contributed by atoms with Crippen molar-refractivity contribution in [1.29, 1.82) is 0 Å². The van der Waals surface area contributed by atoms with Gasteiger partial charge >= 0.3 is 0 Å². The second kappa shape index (κ2) is 9.23. The van der Waals surface area contributed by atoms with Crippen LogP contribution in [0.5, 0.6) is 0 Å². The number of hydrogen-bond acceptors (Lipinski definition) is 11. The van der Waals surface area contributed by atoms with E-state index in [1.54, 1.807) is 0 Å². The summed E-state index contributed by atoms with van der Waals surface area (Å²) in [7, 11) is -8.95. The number of nitrogens with zero attached hydrogens (tertiary/aromatic N) is 2. The molecule has 0 amide bonds. The van der Waals surface area contributed by atoms with Crippen LogP contribution in [0.4, 0.5) is 11.4 Å². The minimum absolute atomic E-state index is 0.494. The van der Waals surface area contributed by atoms with Crippen molar-refractivity contribution in [3.63, 3.8) is 0 Å². The standard InChI is InChI=1S/C15H14N2O11S2/c18-13(9-27-29(23,24)14-5-1-3-11(7-14)16(19)20)10-28-30(25,26)15-6-2-4-12(8-15)17(21)22/h1-8,13,18H,9-10H2. The zero-order valence-corrected chi connectivity index (χ0v) is 16.5. The average molecular weight is 462 g/mol. The molecule has 2 aromatic carbocycles. The van der Waals surface area contributed by atoms with Gasteiger partial charge in [-0.1, -0.05) is 12.1 Å². The maximum Gasteiger partial charge on any atom is 0.297 e. The second-order valence-electron chi connectivity index (χ2n) is 5.64. The van der Waals surface area contributed by atoms with E-state index in [1.165, 1.54) is 0 Å². The quantitative estimate of drug-likeness (QED) is 0.300. The topological polar surface area (TPSA) is 193 Å². The fraction of sp³-hybridized carbons (Fsp3) is 0.200. The minimum Gasteiger partial charge on any atom is -0.388 e. The normalized spacial score (nSPS) is 12.1. The zero-order valence-electron chi connectivity index (χ0n) is 14.9. The smallest absolute Gasteiger partial charge is 0.297 e. The maximum absolute atomic E-state index is 12.1. The molecule has 2 aromatic rings. The molecule has 0 unspecified atom stereocenters. The van der Waals surface area contributed by atoms with Crippen LogP contribution in [0.2, 0.25) is 0 Å². The van der Waals surface area contributed by atoms with E-state index in [4.69, 9.17) is 0 Å². The first kappa shape index (κ1) is 23.3. The third-order valence-corrected chi connectivity index (χ3v) is 6.02. The Hall–Kier alpha value is -2.98. The molecule has 0 saturated heterocycles. The van der Waals surface area contributed by atoms with Crippen molar-refractivity contribution in [3.05, 3.63) is 68.8 Å². The van der Waals surface area contributed by atoms with Gasteiger partial charge in [0.25, 0.3) is 31.6 Å². The third kappa shape index (κ3) is 6.01. The molecule has 0 fully saturated rings. The first-order valence-electron chi connectivity index (χ1n) is 7.88. The summed E-state index contributed by atoms with van der Waals surface area (Å²) in [5.41, 5.74) is -0.988. The summed E-state index contributed by atoms with van der Waals surface area (Å²) in [6.07, 6.45) is -1.72. The molecule has 0 heterocycles. The zero-order chi connectivity index (χ0) is 22.5. The predicted octanol–water partition coefficient (Wildman–Crippen LogP) is 0.975. The average Bonchev–Trinajstić information content (AvgIpc) is 2.71. The monoisotopic (exact) mass is 462 g/mol. The summed E-state index contributed by atoms with van der Waals surface area (Å²) < 4.78 is 57.4. The van der Waals surface area contributed by atoms with Crippen molar-refractivity contribution in [2.24, 2.45) is 0 Å². The fourth-order valence-corrected chi connectivity index (χ4v) is 3.99. The lowest BCUT2D eigenvalue weighted by Gasteiger charge is -2.12. The molecule has 0 aromatic heterocycles. The van der Waals surface area contributed by atoms with E-state index in [9.17, 15) is 42.2 Å². The van der Waals surface area contributed by atoms with Crippen molar-refractivity contribution in [2.45, 2.75) is 15.9 Å². The number of benzene rings is 2. The van der Waals surface area contributed by atoms with E-state index in [0.717, 1.165) is 48.5 Å². The number of nitro groups is 2. The van der Waals surface area contributed by atoms with E-state index in [0.29, 0.717) is 0 Å². The molecule has 30 heavy (non-hydrogen) atoms. The largest absolute Gasteiger partial charge is 0.388 e. The van der Waals surface area contributed by atoms with Gasteiger partial charge < -0.3 is 5.11 Å². The van der Waals surface area contributed by atoms with Crippen molar-refractivity contribution in [2.75, 3.05) is 13.2 Å². The molecule has 0 aliphatic rings. The highest BCUT2D eigenvalue weighted by Crippen LogP contribution is 2.21. The third-order valence-electron chi connectivity index (χ3n) is 3.47. The lowest BCUT2D eigenvalue weighted by Crippen LogP contribution is -2.25. The number of non-ortho nitro benzene ring substituents is 2. The number of hydrogen-bond donors (Lipinski definition) is 1. The Kier molecular flexibility index (Phi) is 7.16. The van der Waals surface area contributed by atoms with Gasteiger partial charge in [0.2, 0.25) is 0 Å². The van der Waals surface area contributed by atoms with Crippen LogP contribution in [0.1, 0.15) is 0 Å². The summed E-state index contributed by atoms with van der Waals surface area (Å²) in [6, 6.07) is 7.98. The summed E-state index contributed by atoms with van der Waals surface area (Å²) in [6.45, 7) is -1.81. The predicted molar refractivity (Wildman–Crippen MR) is 98.5 cm³/mol. The molecule has 0 aliphatic carbocycles. The van der Waals surface area contributed by atoms with Gasteiger partial charge in [-0.25, -0.2) is 0 Å². The van der Waals surface area contributed by atoms with Crippen LogP contribution in [0.25, 0.3) is 0 Å². The van der Waals surface area contributed by atoms with Crippen LogP contribution in [-0.4, -0.2) is 51.1 Å². The maximum atomic E-state index is 12.1. The molecule has 0 spiro atoms. The Bertz CT molecular complexity index is 1070. The Labute approximate surface area is 170 Å². The second-order valence-corrected chi connectivity index (χ2v) is 8.87. The van der Waals surface area contributed by atoms with E-state index in [-0.39, 0.29) is 0 Å². The van der Waals surface area contributed by atoms with Crippen LogP contribution < -0.4 is 0 Å². The van der Waals surface area contributed by atoms with E-state index >= 15 is 0 Å². The van der Waals surface area contributed by atoms with Gasteiger partial charge in [0, 0.05) is 24.3 Å². The number of aliphatic hydroxyl groups excluding tert-OH is 1. The van der Waals surface area contributed by atoms with Crippen LogP contribution in [0.3, 0.4) is 0 Å². The van der Waals surface area contributed by atoms with Gasteiger partial charge in [-0.3, -0.25) is 28.6 Å². The van der Waals surface area contributed by atoms with Crippen molar-refractivity contribution in [3.8, 4) is 0 Å². The van der Waals surface area contributed by atoms with Crippen LogP contribution in [-0.2, 0) is 28.6 Å². The molecular formula is C15H14N2O11S2. The molecule has 1 N–H and O–H groups in total. The van der Waals surface area contributed by atoms with E-state index in [1.807, 2.05) is 0 Å². The number of rotatable bonds is 10. The van der Waals surface area contributed by atoms with Crippen LogP contribution >= 0.6 is 0 Å². The van der Waals surface area contributed by atoms with Crippen molar-refractivity contribution in [1.82, 2.24) is 0 Å². The molecule has 15 heteroatoms. The lowest BCUT2D eigenvalue weighted by atomic mass is 10.3. The van der Waals surface area contributed by atoms with Gasteiger partial charge in [0.05, 0.1) is 23.1 Å². The Balaban J connectivity index is 2.00. The summed E-state index contributed by atoms with van der Waals surface area (Å²) in [5.74, 6) is 0. The molecule has 0 atom stereocenters. The summed E-state index contributed by atoms with van der Waals surface area (Å²) in [5, 5.41) is 31.2. The Morgan fingerprint density at radius 3 is 1.50 bits per heavy atom. The first-order chi connectivity index (χ1) is 13.9. The van der Waals surface area contributed by atoms with Gasteiger partial charge in [0.1, 0.15) is 15.9 Å². The Morgan fingerprint density at radius 2 is 1.17 bits per heavy atom. The Morgan fingerprint density at radius 1 is 0.800 bits per heavy atom. The van der Waals surface area contributed by atoms with Gasteiger partial charge in [0.15, 0.2) is 0 Å². The van der Waals surface area contributed by atoms with Crippen LogP contribution in [0, 0.1) is 20.2 Å². The molecule has 13 nitrogen and oxygen atoms in total. The van der Waals surface area contributed by atoms with Gasteiger partial charge in [-0.2, -0.15) is 16.8 Å². The molecule has 0 radical (unpaired) electrons. The minimum atomic E-state index is -4.48. The molecular weight excluding hydrogens is 448 g/mol. The SMILES string of the molecule is O=[N+]([O-])c1cccc(S(=O)(=O)OCC(O)COS(=O)(=O)c2cccc([N+](=O)[O-])c2)c1. The highest BCUT2D eigenvalue weighted by Gasteiger charge is 2.23. The molecule has 2 rings (SSSR count). The van der Waals surface area contributed by atoms with Gasteiger partial charge in [-0.15, -0.1) is 0 Å². The van der Waals surface area contributed by atoms with Crippen molar-refractivity contribution >= 4 is 31.6 Å². The van der Waals surface area contributed by atoms with E-state index in [2.05, 4.69) is 8.37 Å². The molecule has 0 bridgehead atoms. The number of aliphatic hydroxyl groups is 1. The van der Waals surface area contributed by atoms with E-state index < -0.39 is 70.6 Å². The first-order valence-corrected chi connectivity index (χ1v) is 10.7. The summed E-state index contributed by atoms with van der Waals surface area (Å²) >= 11 is 0. The molecule has 162 valence electrons. The molecule has 0 saturated carbocycles. The fourth-order valence-electron chi connectivity index (χ4n) is 2.03. The van der Waals surface area contributed by atoms with Crippen molar-refractivity contribution < 1.29 is 40.2 Å². The summed E-state index contributed by atoms with van der Waals surface area (Å²) in [4.78, 5) is 18.8. The lowest BCUT2D eigenvalue weighted by molar-refractivity contribution is -0.385. The van der Waals surface area contributed by atoms with Gasteiger partial charge in [-0.05, 0) is 12.1 Å². The molecule has 0 aliphatic heterocycles. The highest BCUT2D eigenvalue weighted by atomic mass is 32.2. The van der Waals surface area contributed by atoms with Crippen LogP contribution in [0.15, 0.2) is 58.3 Å².